The van der Waals surface area contributed by atoms with Crippen LogP contribution in [0.25, 0.3) is 21.8 Å². The number of rotatable bonds is 3. The van der Waals surface area contributed by atoms with Crippen molar-refractivity contribution in [3.05, 3.63) is 24.7 Å². The van der Waals surface area contributed by atoms with Gasteiger partial charge in [-0.25, -0.2) is 4.98 Å². The van der Waals surface area contributed by atoms with Gasteiger partial charge in [-0.05, 0) is 18.9 Å². The number of carbonyl (C=O) groups is 1. The molecule has 0 radical (unpaired) electrons. The third kappa shape index (κ3) is 3.46. The summed E-state index contributed by atoms with van der Waals surface area (Å²) in [4.78, 5) is 22.6. The number of carbonyl (C=O) groups excluding carboxylic acids is 1. The second-order valence-corrected chi connectivity index (χ2v) is 7.04. The number of nitrogens with zero attached hydrogens (tertiary/aromatic N) is 5. The standard InChI is InChI=1S/C18H19F3N6O/c1-26(14(28)7-18(19,20)21)12-3-2-6-27(10-12)17-15-11(9-24-25-17)8-23-16-13(15)4-5-22-16/h4-5,8-9,12H,2-3,6-7,10H2,1H3,(H,22,23). The Morgan fingerprint density at radius 2 is 2.21 bits per heavy atom. The first kappa shape index (κ1) is 18.5. The molecule has 0 bridgehead atoms. The summed E-state index contributed by atoms with van der Waals surface area (Å²) in [5.41, 5.74) is 0.729. The number of likely N-dealkylation sites (N-methyl/N-ethyl adjacent to an activating group) is 1. The van der Waals surface area contributed by atoms with E-state index in [-0.39, 0.29) is 6.04 Å². The Balaban J connectivity index is 1.63. The Morgan fingerprint density at radius 3 is 3.00 bits per heavy atom. The summed E-state index contributed by atoms with van der Waals surface area (Å²) in [7, 11) is 1.44. The fraction of sp³-hybridized carbons (Fsp3) is 0.444. The molecule has 0 spiro atoms. The molecule has 1 N–H and O–H groups in total. The molecule has 7 nitrogen and oxygen atoms in total. The van der Waals surface area contributed by atoms with E-state index in [4.69, 9.17) is 0 Å². The molecule has 1 unspecified atom stereocenters. The van der Waals surface area contributed by atoms with Gasteiger partial charge >= 0.3 is 6.18 Å². The fourth-order valence-corrected chi connectivity index (χ4v) is 3.75. The first-order valence-corrected chi connectivity index (χ1v) is 8.98. The molecule has 1 atom stereocenters. The number of fused-ring (bicyclic) bond motifs is 3. The number of aromatic amines is 1. The van der Waals surface area contributed by atoms with Crippen molar-refractivity contribution in [3.63, 3.8) is 0 Å². The van der Waals surface area contributed by atoms with E-state index in [2.05, 4.69) is 20.2 Å². The van der Waals surface area contributed by atoms with Gasteiger partial charge in [0, 0.05) is 54.7 Å². The SMILES string of the molecule is CN(C(=O)CC(F)(F)F)C1CCCN(c2nncc3cnc4[nH]ccc4c23)C1. The molecular formula is C18H19F3N6O. The molecule has 0 aromatic carbocycles. The molecule has 148 valence electrons. The van der Waals surface area contributed by atoms with E-state index < -0.39 is 18.5 Å². The maximum Gasteiger partial charge on any atom is 0.397 e. The molecule has 3 aromatic heterocycles. The van der Waals surface area contributed by atoms with Crippen molar-refractivity contribution in [3.8, 4) is 0 Å². The van der Waals surface area contributed by atoms with Gasteiger partial charge in [-0.2, -0.15) is 18.3 Å². The van der Waals surface area contributed by atoms with Crippen LogP contribution in [0.4, 0.5) is 19.0 Å². The number of piperidine rings is 1. The second-order valence-electron chi connectivity index (χ2n) is 7.04. The Morgan fingerprint density at radius 1 is 1.39 bits per heavy atom. The number of pyridine rings is 1. The van der Waals surface area contributed by atoms with Gasteiger partial charge in [-0.1, -0.05) is 0 Å². The molecule has 1 saturated heterocycles. The molecule has 3 aromatic rings. The highest BCUT2D eigenvalue weighted by molar-refractivity contribution is 6.09. The van der Waals surface area contributed by atoms with Crippen molar-refractivity contribution in [1.82, 2.24) is 25.1 Å². The van der Waals surface area contributed by atoms with Crippen molar-refractivity contribution in [2.45, 2.75) is 31.5 Å². The zero-order chi connectivity index (χ0) is 19.9. The Kier molecular flexibility index (Phi) is 4.56. The number of hydrogen-bond acceptors (Lipinski definition) is 5. The largest absolute Gasteiger partial charge is 0.397 e. The lowest BCUT2D eigenvalue weighted by atomic mass is 10.0. The summed E-state index contributed by atoms with van der Waals surface area (Å²) in [6, 6.07) is 1.60. The summed E-state index contributed by atoms with van der Waals surface area (Å²) >= 11 is 0. The topological polar surface area (TPSA) is 78.0 Å². The summed E-state index contributed by atoms with van der Waals surface area (Å²) in [6.07, 6.45) is 0.594. The van der Waals surface area contributed by atoms with Crippen LogP contribution in [-0.4, -0.2) is 63.3 Å². The van der Waals surface area contributed by atoms with Gasteiger partial charge in [0.05, 0.1) is 6.20 Å². The highest BCUT2D eigenvalue weighted by atomic mass is 19.4. The molecule has 1 aliphatic heterocycles. The molecule has 0 aliphatic carbocycles. The first-order valence-electron chi connectivity index (χ1n) is 8.98. The predicted molar refractivity (Wildman–Crippen MR) is 97.9 cm³/mol. The highest BCUT2D eigenvalue weighted by Crippen LogP contribution is 2.32. The smallest absolute Gasteiger partial charge is 0.353 e. The van der Waals surface area contributed by atoms with Crippen molar-refractivity contribution < 1.29 is 18.0 Å². The van der Waals surface area contributed by atoms with Crippen molar-refractivity contribution in [1.29, 1.82) is 0 Å². The molecule has 4 rings (SSSR count). The van der Waals surface area contributed by atoms with Crippen LogP contribution in [0.5, 0.6) is 0 Å². The van der Waals surface area contributed by atoms with E-state index in [0.29, 0.717) is 25.3 Å². The van der Waals surface area contributed by atoms with Crippen LogP contribution in [0.2, 0.25) is 0 Å². The molecule has 1 amide bonds. The van der Waals surface area contributed by atoms with E-state index in [1.165, 1.54) is 11.9 Å². The Hall–Kier alpha value is -2.91. The summed E-state index contributed by atoms with van der Waals surface area (Å²) in [5, 5.41) is 11.0. The summed E-state index contributed by atoms with van der Waals surface area (Å²) < 4.78 is 37.7. The normalized spacial score (nSPS) is 18.0. The summed E-state index contributed by atoms with van der Waals surface area (Å²) in [5.74, 6) is -0.258. The molecule has 28 heavy (non-hydrogen) atoms. The number of anilines is 1. The summed E-state index contributed by atoms with van der Waals surface area (Å²) in [6.45, 7) is 1.10. The average Bonchev–Trinajstić information content (AvgIpc) is 3.14. The molecular weight excluding hydrogens is 373 g/mol. The molecule has 1 fully saturated rings. The van der Waals surface area contributed by atoms with Crippen LogP contribution in [0.1, 0.15) is 19.3 Å². The lowest BCUT2D eigenvalue weighted by Crippen LogP contribution is -2.49. The van der Waals surface area contributed by atoms with E-state index in [9.17, 15) is 18.0 Å². The number of nitrogens with one attached hydrogen (secondary N) is 1. The van der Waals surface area contributed by atoms with Crippen LogP contribution in [0, 0.1) is 0 Å². The number of aromatic nitrogens is 4. The van der Waals surface area contributed by atoms with E-state index in [1.807, 2.05) is 11.0 Å². The highest BCUT2D eigenvalue weighted by Gasteiger charge is 2.35. The van der Waals surface area contributed by atoms with E-state index in [0.717, 1.165) is 28.2 Å². The minimum Gasteiger partial charge on any atom is -0.353 e. The van der Waals surface area contributed by atoms with Gasteiger partial charge in [0.25, 0.3) is 0 Å². The minimum atomic E-state index is -4.51. The predicted octanol–water partition coefficient (Wildman–Crippen LogP) is 2.89. The van der Waals surface area contributed by atoms with Gasteiger partial charge < -0.3 is 14.8 Å². The third-order valence-corrected chi connectivity index (χ3v) is 5.18. The first-order chi connectivity index (χ1) is 13.3. The van der Waals surface area contributed by atoms with Crippen molar-refractivity contribution in [2.24, 2.45) is 0 Å². The zero-order valence-electron chi connectivity index (χ0n) is 15.2. The van der Waals surface area contributed by atoms with Crippen LogP contribution < -0.4 is 4.90 Å². The Labute approximate surface area is 158 Å². The lowest BCUT2D eigenvalue weighted by Gasteiger charge is -2.38. The number of hydrogen-bond donors (Lipinski definition) is 1. The van der Waals surface area contributed by atoms with Gasteiger partial charge in [0.2, 0.25) is 5.91 Å². The quantitative estimate of drug-likeness (QED) is 0.742. The number of H-pyrrole nitrogens is 1. The zero-order valence-corrected chi connectivity index (χ0v) is 15.2. The number of alkyl halides is 3. The lowest BCUT2D eigenvalue weighted by molar-refractivity contribution is -0.162. The minimum absolute atomic E-state index is 0.316. The molecule has 4 heterocycles. The van der Waals surface area contributed by atoms with Gasteiger partial charge in [0.15, 0.2) is 5.82 Å². The number of amides is 1. The molecule has 1 aliphatic rings. The van der Waals surface area contributed by atoms with Crippen LogP contribution in [-0.2, 0) is 4.79 Å². The van der Waals surface area contributed by atoms with Crippen LogP contribution >= 0.6 is 0 Å². The number of halogens is 3. The fourth-order valence-electron chi connectivity index (χ4n) is 3.75. The second kappa shape index (κ2) is 6.92. The maximum absolute atomic E-state index is 12.6. The Bertz CT molecular complexity index is 1020. The maximum atomic E-state index is 12.6. The van der Waals surface area contributed by atoms with E-state index >= 15 is 0 Å². The van der Waals surface area contributed by atoms with Crippen molar-refractivity contribution >= 4 is 33.5 Å². The van der Waals surface area contributed by atoms with Gasteiger partial charge in [0.1, 0.15) is 12.1 Å². The molecule has 0 saturated carbocycles. The van der Waals surface area contributed by atoms with Crippen LogP contribution in [0.15, 0.2) is 24.7 Å². The average molecular weight is 392 g/mol. The van der Waals surface area contributed by atoms with Crippen molar-refractivity contribution in [2.75, 3.05) is 25.0 Å². The molecule has 10 heteroatoms. The third-order valence-electron chi connectivity index (χ3n) is 5.18. The monoisotopic (exact) mass is 392 g/mol. The van der Waals surface area contributed by atoms with Crippen LogP contribution in [0.3, 0.4) is 0 Å². The van der Waals surface area contributed by atoms with Gasteiger partial charge in [-0.15, -0.1) is 5.10 Å². The van der Waals surface area contributed by atoms with Gasteiger partial charge in [-0.3, -0.25) is 4.79 Å². The van der Waals surface area contributed by atoms with E-state index in [1.54, 1.807) is 18.6 Å².